The number of nitro benzene ring substituents is 1. The van der Waals surface area contributed by atoms with Crippen LogP contribution >= 0.6 is 27.5 Å². The summed E-state index contributed by atoms with van der Waals surface area (Å²) in [5, 5.41) is 17.9. The predicted molar refractivity (Wildman–Crippen MR) is 90.8 cm³/mol. The second-order valence-electron chi connectivity index (χ2n) is 4.93. The largest absolute Gasteiger partial charge is 0.325 e. The molecule has 1 N–H and O–H groups in total. The number of nitrogens with one attached hydrogen (secondary N) is 1. The molecule has 9 heteroatoms. The summed E-state index contributed by atoms with van der Waals surface area (Å²) in [7, 11) is 0. The monoisotopic (exact) mass is 400 g/mol. The van der Waals surface area contributed by atoms with Crippen LogP contribution in [0.4, 0.5) is 11.4 Å². The number of anilines is 1. The van der Waals surface area contributed by atoms with Crippen molar-refractivity contribution < 1.29 is 9.72 Å². The fourth-order valence-corrected chi connectivity index (χ4v) is 2.48. The van der Waals surface area contributed by atoms with Gasteiger partial charge in [0.2, 0.25) is 5.91 Å². The Balaban J connectivity index is 2.04. The van der Waals surface area contributed by atoms with Crippen LogP contribution in [0, 0.1) is 24.0 Å². The molecule has 1 heterocycles. The summed E-state index contributed by atoms with van der Waals surface area (Å²) < 4.78 is 2.65. The molecule has 2 aromatic rings. The maximum absolute atomic E-state index is 12.0. The molecule has 0 aliphatic rings. The summed E-state index contributed by atoms with van der Waals surface area (Å²) in [5.74, 6) is -0.295. The van der Waals surface area contributed by atoms with E-state index in [0.717, 1.165) is 15.9 Å². The van der Waals surface area contributed by atoms with Gasteiger partial charge in [-0.3, -0.25) is 19.6 Å². The van der Waals surface area contributed by atoms with Crippen LogP contribution in [0.25, 0.3) is 0 Å². The molecule has 0 aliphatic heterocycles. The van der Waals surface area contributed by atoms with Crippen LogP contribution < -0.4 is 5.32 Å². The molecule has 0 bridgehead atoms. The van der Waals surface area contributed by atoms with Crippen molar-refractivity contribution in [2.45, 2.75) is 26.8 Å². The Hall–Kier alpha value is -1.93. The van der Waals surface area contributed by atoms with E-state index in [2.05, 4.69) is 26.3 Å². The number of hydrogen-bond acceptors (Lipinski definition) is 4. The maximum atomic E-state index is 12.0. The van der Waals surface area contributed by atoms with Crippen molar-refractivity contribution in [3.63, 3.8) is 0 Å². The number of benzene rings is 1. The summed E-state index contributed by atoms with van der Waals surface area (Å²) in [6.07, 6.45) is 0.174. The van der Waals surface area contributed by atoms with Gasteiger partial charge in [0.15, 0.2) is 0 Å². The van der Waals surface area contributed by atoms with Gasteiger partial charge in [0.25, 0.3) is 5.69 Å². The molecule has 0 fully saturated rings. The van der Waals surface area contributed by atoms with Crippen LogP contribution in [0.3, 0.4) is 0 Å². The molecule has 7 nitrogen and oxygen atoms in total. The molecule has 0 spiro atoms. The Morgan fingerprint density at radius 2 is 2.17 bits per heavy atom. The van der Waals surface area contributed by atoms with Crippen LogP contribution in [-0.2, 0) is 11.3 Å². The van der Waals surface area contributed by atoms with Gasteiger partial charge in [-0.2, -0.15) is 5.10 Å². The number of carbonyl (C=O) groups excluding carboxylic acids is 1. The number of halogens is 2. The highest BCUT2D eigenvalue weighted by Gasteiger charge is 2.13. The average Bonchev–Trinajstić information content (AvgIpc) is 2.74. The number of aryl methyl sites for hydroxylation is 2. The van der Waals surface area contributed by atoms with Crippen molar-refractivity contribution in [3.05, 3.63) is 49.2 Å². The Kier molecular flexibility index (Phi) is 5.38. The summed E-state index contributed by atoms with van der Waals surface area (Å²) >= 11 is 9.38. The second kappa shape index (κ2) is 7.10. The van der Waals surface area contributed by atoms with Crippen molar-refractivity contribution in [2.75, 3.05) is 5.32 Å². The number of hydrogen-bond donors (Lipinski definition) is 1. The second-order valence-corrected chi connectivity index (χ2v) is 6.13. The molecule has 122 valence electrons. The third-order valence-corrected chi connectivity index (χ3v) is 4.76. The first-order valence-corrected chi connectivity index (χ1v) is 7.90. The molecule has 0 atom stereocenters. The summed E-state index contributed by atoms with van der Waals surface area (Å²) in [4.78, 5) is 22.3. The maximum Gasteiger partial charge on any atom is 0.271 e. The minimum atomic E-state index is -0.542. The summed E-state index contributed by atoms with van der Waals surface area (Å²) in [5.41, 5.74) is 1.88. The van der Waals surface area contributed by atoms with Crippen LogP contribution in [0.1, 0.15) is 17.8 Å². The lowest BCUT2D eigenvalue weighted by molar-refractivity contribution is -0.384. The van der Waals surface area contributed by atoms with Gasteiger partial charge in [-0.05, 0) is 35.8 Å². The van der Waals surface area contributed by atoms with Gasteiger partial charge in [-0.25, -0.2) is 0 Å². The molecular formula is C14H14BrClN4O3. The molecule has 1 amide bonds. The van der Waals surface area contributed by atoms with Crippen molar-refractivity contribution in [1.29, 1.82) is 0 Å². The predicted octanol–water partition coefficient (Wildman–Crippen LogP) is 3.85. The lowest BCUT2D eigenvalue weighted by Gasteiger charge is -2.08. The molecule has 1 aromatic carbocycles. The van der Waals surface area contributed by atoms with E-state index in [-0.39, 0.29) is 28.7 Å². The van der Waals surface area contributed by atoms with Gasteiger partial charge in [-0.15, -0.1) is 0 Å². The van der Waals surface area contributed by atoms with Crippen LogP contribution in [0.15, 0.2) is 22.7 Å². The number of nitro groups is 1. The zero-order valence-corrected chi connectivity index (χ0v) is 14.8. The third-order valence-electron chi connectivity index (χ3n) is 3.28. The topological polar surface area (TPSA) is 90.1 Å². The fraction of sp³-hybridized carbons (Fsp3) is 0.286. The minimum Gasteiger partial charge on any atom is -0.325 e. The first kappa shape index (κ1) is 17.4. The van der Waals surface area contributed by atoms with E-state index in [1.165, 1.54) is 18.2 Å². The lowest BCUT2D eigenvalue weighted by Crippen LogP contribution is -2.16. The number of aromatic nitrogens is 2. The first-order chi connectivity index (χ1) is 10.8. The number of rotatable bonds is 5. The SMILES string of the molecule is Cc1nn(CCC(=O)Nc2cc([N+](=O)[O-])ccc2Cl)c(C)c1Br. The highest BCUT2D eigenvalue weighted by atomic mass is 79.9. The molecule has 23 heavy (non-hydrogen) atoms. The zero-order valence-electron chi connectivity index (χ0n) is 12.5. The fourth-order valence-electron chi connectivity index (χ4n) is 2.04. The van der Waals surface area contributed by atoms with Crippen LogP contribution in [0.2, 0.25) is 5.02 Å². The molecule has 0 unspecified atom stereocenters. The van der Waals surface area contributed by atoms with E-state index in [0.29, 0.717) is 6.54 Å². The van der Waals surface area contributed by atoms with Crippen molar-refractivity contribution in [3.8, 4) is 0 Å². The normalized spacial score (nSPS) is 10.6. The minimum absolute atomic E-state index is 0.132. The van der Waals surface area contributed by atoms with Gasteiger partial charge in [0.05, 0.1) is 32.3 Å². The van der Waals surface area contributed by atoms with Gasteiger partial charge >= 0.3 is 0 Å². The van der Waals surface area contributed by atoms with Crippen molar-refractivity contribution in [1.82, 2.24) is 9.78 Å². The smallest absolute Gasteiger partial charge is 0.271 e. The number of non-ortho nitro benzene ring substituents is 1. The quantitative estimate of drug-likeness (QED) is 0.608. The highest BCUT2D eigenvalue weighted by molar-refractivity contribution is 9.10. The molecule has 0 radical (unpaired) electrons. The molecule has 0 saturated heterocycles. The van der Waals surface area contributed by atoms with Crippen molar-refractivity contribution in [2.24, 2.45) is 0 Å². The molecule has 0 aliphatic carbocycles. The lowest BCUT2D eigenvalue weighted by atomic mass is 10.2. The molecule has 0 saturated carbocycles. The van der Waals surface area contributed by atoms with Crippen LogP contribution in [0.5, 0.6) is 0 Å². The van der Waals surface area contributed by atoms with E-state index in [9.17, 15) is 14.9 Å². The van der Waals surface area contributed by atoms with E-state index < -0.39 is 4.92 Å². The Morgan fingerprint density at radius 1 is 1.48 bits per heavy atom. The zero-order chi connectivity index (χ0) is 17.1. The standard InChI is InChI=1S/C14H14BrClN4O3/c1-8-14(15)9(2)19(18-8)6-5-13(21)17-12-7-10(20(22)23)3-4-11(12)16/h3-4,7H,5-6H2,1-2H3,(H,17,21). The van der Waals surface area contributed by atoms with E-state index in [1.54, 1.807) is 4.68 Å². The number of nitrogens with zero attached hydrogens (tertiary/aromatic N) is 3. The van der Waals surface area contributed by atoms with Crippen LogP contribution in [-0.4, -0.2) is 20.6 Å². The first-order valence-electron chi connectivity index (χ1n) is 6.73. The van der Waals surface area contributed by atoms with E-state index >= 15 is 0 Å². The summed E-state index contributed by atoms with van der Waals surface area (Å²) in [6.45, 7) is 4.17. The number of carbonyl (C=O) groups is 1. The van der Waals surface area contributed by atoms with Gasteiger partial charge in [0, 0.05) is 24.2 Å². The van der Waals surface area contributed by atoms with E-state index in [1.807, 2.05) is 13.8 Å². The van der Waals surface area contributed by atoms with Crippen molar-refractivity contribution >= 4 is 44.8 Å². The Morgan fingerprint density at radius 3 is 2.74 bits per heavy atom. The molecular weight excluding hydrogens is 388 g/mol. The highest BCUT2D eigenvalue weighted by Crippen LogP contribution is 2.27. The summed E-state index contributed by atoms with van der Waals surface area (Å²) in [6, 6.07) is 3.90. The van der Waals surface area contributed by atoms with E-state index in [4.69, 9.17) is 11.6 Å². The molecule has 2 rings (SSSR count). The van der Waals surface area contributed by atoms with Gasteiger partial charge < -0.3 is 5.32 Å². The third kappa shape index (κ3) is 4.08. The van der Waals surface area contributed by atoms with Gasteiger partial charge in [-0.1, -0.05) is 11.6 Å². The molecule has 1 aromatic heterocycles. The van der Waals surface area contributed by atoms with Gasteiger partial charge in [0.1, 0.15) is 0 Å². The Labute approximate surface area is 145 Å². The number of amides is 1. The Bertz CT molecular complexity index is 776. The average molecular weight is 402 g/mol.